The average Bonchev–Trinajstić information content (AvgIpc) is 2.89. The zero-order valence-electron chi connectivity index (χ0n) is 19.5. The highest BCUT2D eigenvalue weighted by atomic mass is 32.2. The average molecular weight is 502 g/mol. The van der Waals surface area contributed by atoms with Gasteiger partial charge in [0, 0.05) is 36.1 Å². The van der Waals surface area contributed by atoms with Gasteiger partial charge in [0.1, 0.15) is 11.5 Å². The minimum Gasteiger partial charge on any atom is -0.496 e. The maximum atomic E-state index is 12.7. The number of sulfonamides is 1. The van der Waals surface area contributed by atoms with E-state index in [1.165, 1.54) is 35.7 Å². The summed E-state index contributed by atoms with van der Waals surface area (Å²) in [5.74, 6) is 0.753. The van der Waals surface area contributed by atoms with Gasteiger partial charge in [0.25, 0.3) is 11.5 Å². The number of amides is 1. The topological polar surface area (TPSA) is 127 Å². The number of hydrogen-bond donors (Lipinski definition) is 2. The quantitative estimate of drug-likeness (QED) is 0.479. The molecule has 1 fully saturated rings. The lowest BCUT2D eigenvalue weighted by Gasteiger charge is -2.26. The first-order chi connectivity index (χ1) is 16.8. The number of benzene rings is 2. The van der Waals surface area contributed by atoms with Gasteiger partial charge in [0.2, 0.25) is 10.0 Å². The third-order valence-corrected chi connectivity index (χ3v) is 7.77. The zero-order chi connectivity index (χ0) is 25.0. The molecule has 2 aromatic carbocycles. The number of methoxy groups -OCH3 is 2. The number of hydrogen-bond acceptors (Lipinski definition) is 7. The fourth-order valence-corrected chi connectivity index (χ4v) is 5.36. The van der Waals surface area contributed by atoms with Gasteiger partial charge in [0.15, 0.2) is 0 Å². The second-order valence-corrected chi connectivity index (χ2v) is 9.87. The molecule has 35 heavy (non-hydrogen) atoms. The van der Waals surface area contributed by atoms with Gasteiger partial charge in [-0.3, -0.25) is 9.59 Å². The summed E-state index contributed by atoms with van der Waals surface area (Å²) in [4.78, 5) is 28.1. The van der Waals surface area contributed by atoms with Crippen LogP contribution in [0.15, 0.2) is 52.2 Å². The molecule has 0 unspecified atom stereocenters. The SMILES string of the molecule is COc1ccc(OC)c2[nH]c(=O)c(CCNC(=O)c3ccc(S(=O)(=O)N4CCOCC4)cc3)cc12. The van der Waals surface area contributed by atoms with Crippen LogP contribution < -0.4 is 20.3 Å². The molecule has 3 aromatic rings. The van der Waals surface area contributed by atoms with Gasteiger partial charge in [-0.25, -0.2) is 8.42 Å². The number of aromatic nitrogens is 1. The lowest BCUT2D eigenvalue weighted by Crippen LogP contribution is -2.40. The maximum Gasteiger partial charge on any atom is 0.251 e. The Morgan fingerprint density at radius 2 is 1.71 bits per heavy atom. The number of pyridine rings is 1. The number of nitrogens with zero attached hydrogens (tertiary/aromatic N) is 1. The third kappa shape index (κ3) is 5.16. The predicted molar refractivity (Wildman–Crippen MR) is 130 cm³/mol. The summed E-state index contributed by atoms with van der Waals surface area (Å²) >= 11 is 0. The van der Waals surface area contributed by atoms with Crippen molar-refractivity contribution < 1.29 is 27.4 Å². The second-order valence-electron chi connectivity index (χ2n) is 7.93. The Bertz CT molecular complexity index is 1380. The zero-order valence-corrected chi connectivity index (χ0v) is 20.3. The van der Waals surface area contributed by atoms with Gasteiger partial charge in [-0.05, 0) is 48.9 Å². The lowest BCUT2D eigenvalue weighted by atomic mass is 10.1. The van der Waals surface area contributed by atoms with Crippen LogP contribution in [0.25, 0.3) is 10.9 Å². The van der Waals surface area contributed by atoms with E-state index in [-0.39, 0.29) is 22.9 Å². The van der Waals surface area contributed by atoms with Crippen LogP contribution in [0.3, 0.4) is 0 Å². The Balaban J connectivity index is 1.43. The Labute approximate surface area is 202 Å². The smallest absolute Gasteiger partial charge is 0.251 e. The van der Waals surface area contributed by atoms with Crippen LogP contribution in [0.4, 0.5) is 0 Å². The highest BCUT2D eigenvalue weighted by molar-refractivity contribution is 7.89. The van der Waals surface area contributed by atoms with E-state index in [9.17, 15) is 18.0 Å². The molecular formula is C24H27N3O7S. The van der Waals surface area contributed by atoms with E-state index < -0.39 is 10.0 Å². The van der Waals surface area contributed by atoms with Crippen molar-refractivity contribution in [3.05, 3.63) is 63.9 Å². The van der Waals surface area contributed by atoms with E-state index >= 15 is 0 Å². The van der Waals surface area contributed by atoms with E-state index in [0.717, 1.165) is 0 Å². The summed E-state index contributed by atoms with van der Waals surface area (Å²) in [7, 11) is -0.560. The van der Waals surface area contributed by atoms with Crippen LogP contribution in [0.5, 0.6) is 11.5 Å². The van der Waals surface area contributed by atoms with Gasteiger partial charge in [0.05, 0.1) is 37.8 Å². The van der Waals surface area contributed by atoms with Crippen molar-refractivity contribution in [3.8, 4) is 11.5 Å². The molecule has 1 aliphatic heterocycles. The molecule has 1 amide bonds. The van der Waals surface area contributed by atoms with Crippen molar-refractivity contribution in [1.29, 1.82) is 0 Å². The number of nitrogens with one attached hydrogen (secondary N) is 2. The van der Waals surface area contributed by atoms with Gasteiger partial charge in [-0.15, -0.1) is 0 Å². The molecule has 186 valence electrons. The number of morpholine rings is 1. The van der Waals surface area contributed by atoms with Crippen LogP contribution in [0.2, 0.25) is 0 Å². The molecule has 0 saturated carbocycles. The number of ether oxygens (including phenoxy) is 3. The Morgan fingerprint density at radius 1 is 1.06 bits per heavy atom. The maximum absolute atomic E-state index is 12.7. The number of carbonyl (C=O) groups excluding carboxylic acids is 1. The van der Waals surface area contributed by atoms with E-state index in [0.29, 0.717) is 66.3 Å². The fraction of sp³-hybridized carbons (Fsp3) is 0.333. The second kappa shape index (κ2) is 10.5. The predicted octanol–water partition coefficient (Wildman–Crippen LogP) is 1.54. The minimum atomic E-state index is -3.63. The molecule has 11 heteroatoms. The standard InChI is InChI=1S/C24H27N3O7S/c1-32-20-7-8-21(33-2)22-19(20)15-17(24(29)26-22)9-10-25-23(28)16-3-5-18(6-4-16)35(30,31)27-11-13-34-14-12-27/h3-8,15H,9-14H2,1-2H3,(H,25,28)(H,26,29). The van der Waals surface area contributed by atoms with E-state index in [1.807, 2.05) is 0 Å². The lowest BCUT2D eigenvalue weighted by molar-refractivity contribution is 0.0730. The number of carbonyl (C=O) groups is 1. The van der Waals surface area contributed by atoms with Crippen molar-refractivity contribution in [2.24, 2.45) is 0 Å². The number of fused-ring (bicyclic) bond motifs is 1. The molecule has 0 atom stereocenters. The van der Waals surface area contributed by atoms with Crippen LogP contribution >= 0.6 is 0 Å². The largest absolute Gasteiger partial charge is 0.496 e. The van der Waals surface area contributed by atoms with Crippen molar-refractivity contribution in [1.82, 2.24) is 14.6 Å². The molecule has 2 heterocycles. The molecule has 0 spiro atoms. The summed E-state index contributed by atoms with van der Waals surface area (Å²) in [5.41, 5.74) is 1.06. The summed E-state index contributed by atoms with van der Waals surface area (Å²) < 4.78 is 42.8. The summed E-state index contributed by atoms with van der Waals surface area (Å²) in [6, 6.07) is 11.0. The molecule has 1 saturated heterocycles. The molecule has 0 radical (unpaired) electrons. The van der Waals surface area contributed by atoms with E-state index in [2.05, 4.69) is 10.3 Å². The molecule has 4 rings (SSSR count). The van der Waals surface area contributed by atoms with Crippen LogP contribution in [-0.2, 0) is 21.2 Å². The van der Waals surface area contributed by atoms with Crippen LogP contribution in [0.1, 0.15) is 15.9 Å². The van der Waals surface area contributed by atoms with E-state index in [4.69, 9.17) is 14.2 Å². The van der Waals surface area contributed by atoms with Gasteiger partial charge >= 0.3 is 0 Å². The minimum absolute atomic E-state index is 0.128. The molecule has 2 N–H and O–H groups in total. The Hall–Kier alpha value is -3.41. The molecule has 0 aliphatic carbocycles. The highest BCUT2D eigenvalue weighted by Crippen LogP contribution is 2.31. The number of H-pyrrole nitrogens is 1. The highest BCUT2D eigenvalue weighted by Gasteiger charge is 2.26. The van der Waals surface area contributed by atoms with Gasteiger partial charge < -0.3 is 24.5 Å². The molecule has 10 nitrogen and oxygen atoms in total. The van der Waals surface area contributed by atoms with Crippen molar-refractivity contribution in [2.45, 2.75) is 11.3 Å². The van der Waals surface area contributed by atoms with Crippen molar-refractivity contribution in [3.63, 3.8) is 0 Å². The fourth-order valence-electron chi connectivity index (χ4n) is 3.95. The Morgan fingerprint density at radius 3 is 2.37 bits per heavy atom. The van der Waals surface area contributed by atoms with Crippen LogP contribution in [0, 0.1) is 0 Å². The number of rotatable bonds is 8. The first-order valence-electron chi connectivity index (χ1n) is 11.1. The van der Waals surface area contributed by atoms with Crippen molar-refractivity contribution in [2.75, 3.05) is 47.1 Å². The van der Waals surface area contributed by atoms with Gasteiger partial charge in [-0.2, -0.15) is 4.31 Å². The Kier molecular flexibility index (Phi) is 7.39. The van der Waals surface area contributed by atoms with Crippen LogP contribution in [-0.4, -0.2) is 70.7 Å². The first kappa shape index (κ1) is 24.7. The normalized spacial score (nSPS) is 14.6. The summed E-state index contributed by atoms with van der Waals surface area (Å²) in [6.07, 6.45) is 0.293. The number of aromatic amines is 1. The summed E-state index contributed by atoms with van der Waals surface area (Å²) in [5, 5.41) is 3.47. The molecule has 1 aromatic heterocycles. The molecular weight excluding hydrogens is 474 g/mol. The first-order valence-corrected chi connectivity index (χ1v) is 12.5. The van der Waals surface area contributed by atoms with Crippen molar-refractivity contribution >= 4 is 26.8 Å². The molecule has 1 aliphatic rings. The van der Waals surface area contributed by atoms with Gasteiger partial charge in [-0.1, -0.05) is 0 Å². The van der Waals surface area contributed by atoms with E-state index in [1.54, 1.807) is 25.3 Å². The molecule has 0 bridgehead atoms. The third-order valence-electron chi connectivity index (χ3n) is 5.86. The monoisotopic (exact) mass is 501 g/mol. The summed E-state index contributed by atoms with van der Waals surface area (Å²) in [6.45, 7) is 1.54.